The van der Waals surface area contributed by atoms with Crippen LogP contribution in [0.3, 0.4) is 0 Å². The molecule has 0 saturated heterocycles. The highest BCUT2D eigenvalue weighted by Crippen LogP contribution is 2.26. The first-order valence-corrected chi connectivity index (χ1v) is 6.83. The summed E-state index contributed by atoms with van der Waals surface area (Å²) in [6.07, 6.45) is -0.0268. The summed E-state index contributed by atoms with van der Waals surface area (Å²) in [7, 11) is 0. The Hall–Kier alpha value is -1.52. The maximum atomic E-state index is 10.9. The Balaban J connectivity index is 2.35. The lowest BCUT2D eigenvalue weighted by atomic mass is 10.1. The van der Waals surface area contributed by atoms with E-state index in [2.05, 4.69) is 5.10 Å². The van der Waals surface area contributed by atoms with Gasteiger partial charge in [0.2, 0.25) is 0 Å². The molecule has 0 aliphatic carbocycles. The Bertz CT molecular complexity index is 665. The molecule has 4 nitrogen and oxygen atoms in total. The minimum atomic E-state index is -0.864. The standard InChI is InChI=1S/C14H14Cl2N2O2/c1-8-11(6-13(19)20)9(2)18(17-8)7-10-4-3-5-12(15)14(10)16/h3-5H,6-7H2,1-2H3,(H,19,20). The number of carboxylic acid groups (broad SMARTS) is 1. The van der Waals surface area contributed by atoms with Gasteiger partial charge in [-0.2, -0.15) is 5.10 Å². The van der Waals surface area contributed by atoms with E-state index in [-0.39, 0.29) is 6.42 Å². The molecular formula is C14H14Cl2N2O2. The third-order valence-corrected chi connectivity index (χ3v) is 4.07. The summed E-state index contributed by atoms with van der Waals surface area (Å²) in [6, 6.07) is 5.43. The van der Waals surface area contributed by atoms with E-state index in [0.717, 1.165) is 22.5 Å². The summed E-state index contributed by atoms with van der Waals surface area (Å²) >= 11 is 12.1. The highest BCUT2D eigenvalue weighted by atomic mass is 35.5. The number of rotatable bonds is 4. The largest absolute Gasteiger partial charge is 0.481 e. The van der Waals surface area contributed by atoms with Crippen molar-refractivity contribution in [2.45, 2.75) is 26.8 Å². The number of benzene rings is 1. The van der Waals surface area contributed by atoms with Gasteiger partial charge >= 0.3 is 5.97 Å². The molecule has 0 aliphatic heterocycles. The first-order valence-electron chi connectivity index (χ1n) is 6.07. The van der Waals surface area contributed by atoms with Gasteiger partial charge in [0.05, 0.1) is 28.7 Å². The molecule has 0 bridgehead atoms. The van der Waals surface area contributed by atoms with Gasteiger partial charge in [-0.1, -0.05) is 35.3 Å². The molecule has 1 aromatic carbocycles. The van der Waals surface area contributed by atoms with Gasteiger partial charge in [0.1, 0.15) is 0 Å². The molecule has 0 unspecified atom stereocenters. The third-order valence-electron chi connectivity index (χ3n) is 3.21. The highest BCUT2D eigenvalue weighted by Gasteiger charge is 2.15. The molecule has 2 rings (SSSR count). The van der Waals surface area contributed by atoms with Crippen LogP contribution in [-0.2, 0) is 17.8 Å². The van der Waals surface area contributed by atoms with Crippen molar-refractivity contribution in [3.63, 3.8) is 0 Å². The molecule has 0 spiro atoms. The summed E-state index contributed by atoms with van der Waals surface area (Å²) in [6.45, 7) is 4.13. The molecule has 6 heteroatoms. The van der Waals surface area contributed by atoms with Gasteiger partial charge in [-0.05, 0) is 25.5 Å². The molecular weight excluding hydrogens is 299 g/mol. The van der Waals surface area contributed by atoms with E-state index in [1.54, 1.807) is 17.7 Å². The molecule has 0 fully saturated rings. The maximum absolute atomic E-state index is 10.9. The van der Waals surface area contributed by atoms with E-state index in [1.807, 2.05) is 19.1 Å². The van der Waals surface area contributed by atoms with Crippen LogP contribution < -0.4 is 0 Å². The molecule has 0 saturated carbocycles. The Morgan fingerprint density at radius 3 is 2.70 bits per heavy atom. The number of nitrogens with zero attached hydrogens (tertiary/aromatic N) is 2. The van der Waals surface area contributed by atoms with Crippen molar-refractivity contribution in [2.24, 2.45) is 0 Å². The molecule has 0 aliphatic rings. The SMILES string of the molecule is Cc1nn(Cc2cccc(Cl)c2Cl)c(C)c1CC(=O)O. The monoisotopic (exact) mass is 312 g/mol. The van der Waals surface area contributed by atoms with Gasteiger partial charge in [0.25, 0.3) is 0 Å². The summed E-state index contributed by atoms with van der Waals surface area (Å²) in [4.78, 5) is 10.9. The second kappa shape index (κ2) is 5.85. The molecule has 20 heavy (non-hydrogen) atoms. The fraction of sp³-hybridized carbons (Fsp3) is 0.286. The third kappa shape index (κ3) is 2.97. The predicted octanol–water partition coefficient (Wildman–Crippen LogP) is 3.48. The zero-order valence-corrected chi connectivity index (χ0v) is 12.7. The van der Waals surface area contributed by atoms with E-state index in [0.29, 0.717) is 16.6 Å². The Morgan fingerprint density at radius 2 is 2.05 bits per heavy atom. The number of carboxylic acids is 1. The van der Waals surface area contributed by atoms with Crippen LogP contribution in [0.4, 0.5) is 0 Å². The predicted molar refractivity (Wildman–Crippen MR) is 78.6 cm³/mol. The van der Waals surface area contributed by atoms with Crippen LogP contribution in [0.2, 0.25) is 10.0 Å². The lowest BCUT2D eigenvalue weighted by Gasteiger charge is -2.08. The minimum absolute atomic E-state index is 0.0268. The van der Waals surface area contributed by atoms with Crippen LogP contribution >= 0.6 is 23.2 Å². The van der Waals surface area contributed by atoms with Crippen molar-refractivity contribution in [3.8, 4) is 0 Å². The number of hydrogen-bond acceptors (Lipinski definition) is 2. The van der Waals surface area contributed by atoms with Gasteiger partial charge < -0.3 is 5.11 Å². The maximum Gasteiger partial charge on any atom is 0.307 e. The average Bonchev–Trinajstić information content (AvgIpc) is 2.62. The van der Waals surface area contributed by atoms with Gasteiger partial charge in [0, 0.05) is 11.3 Å². The zero-order valence-electron chi connectivity index (χ0n) is 11.2. The number of halogens is 2. The number of aromatic nitrogens is 2. The lowest BCUT2D eigenvalue weighted by molar-refractivity contribution is -0.136. The average molecular weight is 313 g/mol. The number of hydrogen-bond donors (Lipinski definition) is 1. The van der Waals surface area contributed by atoms with Crippen molar-refractivity contribution in [2.75, 3.05) is 0 Å². The molecule has 2 aromatic rings. The topological polar surface area (TPSA) is 55.1 Å². The van der Waals surface area contributed by atoms with Crippen LogP contribution in [0.15, 0.2) is 18.2 Å². The van der Waals surface area contributed by atoms with Crippen molar-refractivity contribution in [3.05, 3.63) is 50.8 Å². The number of aliphatic carboxylic acids is 1. The fourth-order valence-electron chi connectivity index (χ4n) is 2.13. The van der Waals surface area contributed by atoms with E-state index in [9.17, 15) is 4.79 Å². The molecule has 0 atom stereocenters. The lowest BCUT2D eigenvalue weighted by Crippen LogP contribution is -2.06. The fourth-order valence-corrected chi connectivity index (χ4v) is 2.51. The van der Waals surface area contributed by atoms with Crippen LogP contribution in [0.1, 0.15) is 22.5 Å². The van der Waals surface area contributed by atoms with Crippen LogP contribution in [0, 0.1) is 13.8 Å². The summed E-state index contributed by atoms with van der Waals surface area (Å²) < 4.78 is 1.76. The smallest absolute Gasteiger partial charge is 0.307 e. The molecule has 1 N–H and O–H groups in total. The van der Waals surface area contributed by atoms with Crippen LogP contribution in [0.25, 0.3) is 0 Å². The van der Waals surface area contributed by atoms with Crippen molar-refractivity contribution >= 4 is 29.2 Å². The van der Waals surface area contributed by atoms with Gasteiger partial charge in [-0.15, -0.1) is 0 Å². The van der Waals surface area contributed by atoms with Gasteiger partial charge in [-0.25, -0.2) is 0 Å². The van der Waals surface area contributed by atoms with Gasteiger partial charge in [0.15, 0.2) is 0 Å². The summed E-state index contributed by atoms with van der Waals surface area (Å²) in [5.74, 6) is -0.864. The first kappa shape index (κ1) is 14.9. The van der Waals surface area contributed by atoms with Crippen LogP contribution in [-0.4, -0.2) is 20.9 Å². The highest BCUT2D eigenvalue weighted by molar-refractivity contribution is 6.42. The Kier molecular flexibility index (Phi) is 4.35. The summed E-state index contributed by atoms with van der Waals surface area (Å²) in [5, 5.41) is 14.3. The summed E-state index contributed by atoms with van der Waals surface area (Å²) in [5.41, 5.74) is 3.16. The molecule has 1 heterocycles. The van der Waals surface area contributed by atoms with Crippen molar-refractivity contribution in [1.29, 1.82) is 0 Å². The van der Waals surface area contributed by atoms with Gasteiger partial charge in [-0.3, -0.25) is 9.48 Å². The Labute approximate surface area is 126 Å². The first-order chi connectivity index (χ1) is 9.40. The molecule has 1 aromatic heterocycles. The van der Waals surface area contributed by atoms with E-state index in [1.165, 1.54) is 0 Å². The minimum Gasteiger partial charge on any atom is -0.481 e. The normalized spacial score (nSPS) is 10.8. The molecule has 0 amide bonds. The second-order valence-corrected chi connectivity index (χ2v) is 5.38. The number of carbonyl (C=O) groups is 1. The second-order valence-electron chi connectivity index (χ2n) is 4.59. The number of aryl methyl sites for hydroxylation is 1. The Morgan fingerprint density at radius 1 is 1.35 bits per heavy atom. The van der Waals surface area contributed by atoms with E-state index < -0.39 is 5.97 Å². The molecule has 106 valence electrons. The quantitative estimate of drug-likeness (QED) is 0.940. The zero-order chi connectivity index (χ0) is 14.9. The van der Waals surface area contributed by atoms with Crippen molar-refractivity contribution < 1.29 is 9.90 Å². The van der Waals surface area contributed by atoms with Crippen molar-refractivity contribution in [1.82, 2.24) is 9.78 Å². The van der Waals surface area contributed by atoms with Crippen LogP contribution in [0.5, 0.6) is 0 Å². The van der Waals surface area contributed by atoms with E-state index >= 15 is 0 Å². The molecule has 0 radical (unpaired) electrons. The van der Waals surface area contributed by atoms with E-state index in [4.69, 9.17) is 28.3 Å².